The first-order chi connectivity index (χ1) is 8.07. The summed E-state index contributed by atoms with van der Waals surface area (Å²) >= 11 is 0. The van der Waals surface area contributed by atoms with Crippen molar-refractivity contribution in [2.24, 2.45) is 5.92 Å². The summed E-state index contributed by atoms with van der Waals surface area (Å²) in [6.45, 7) is 6.36. The summed E-state index contributed by atoms with van der Waals surface area (Å²) in [5.41, 5.74) is 0. The van der Waals surface area contributed by atoms with Gasteiger partial charge in [-0.2, -0.15) is 0 Å². The van der Waals surface area contributed by atoms with Crippen molar-refractivity contribution in [2.75, 3.05) is 6.61 Å². The van der Waals surface area contributed by atoms with Gasteiger partial charge in [0.1, 0.15) is 6.61 Å². The third-order valence-corrected chi connectivity index (χ3v) is 2.64. The van der Waals surface area contributed by atoms with Crippen LogP contribution in [0.2, 0.25) is 0 Å². The molecule has 0 amide bonds. The number of hydrogen-bond acceptors (Lipinski definition) is 5. The summed E-state index contributed by atoms with van der Waals surface area (Å²) < 4.78 is 6.86. The van der Waals surface area contributed by atoms with Crippen molar-refractivity contribution in [3.8, 4) is 0 Å². The second-order valence-corrected chi connectivity index (χ2v) is 3.96. The van der Waals surface area contributed by atoms with Crippen molar-refractivity contribution in [3.05, 3.63) is 5.82 Å². The summed E-state index contributed by atoms with van der Waals surface area (Å²) in [6, 6.07) is -0.303. The molecule has 1 heterocycles. The molecule has 2 atom stereocenters. The molecule has 0 aliphatic rings. The molecule has 0 saturated heterocycles. The number of aliphatic carboxylic acids is 1. The molecular formula is C10H18N4O3. The molecule has 1 N–H and O–H groups in total. The van der Waals surface area contributed by atoms with Gasteiger partial charge in [-0.3, -0.25) is 4.79 Å². The van der Waals surface area contributed by atoms with Crippen LogP contribution >= 0.6 is 0 Å². The molecule has 0 fully saturated rings. The molecule has 0 spiro atoms. The third kappa shape index (κ3) is 3.48. The lowest BCUT2D eigenvalue weighted by Crippen LogP contribution is -2.24. The predicted octanol–water partition coefficient (Wildman–Crippen LogP) is 0.881. The number of carboxylic acids is 1. The van der Waals surface area contributed by atoms with Crippen molar-refractivity contribution >= 4 is 5.97 Å². The van der Waals surface area contributed by atoms with Crippen LogP contribution in [-0.4, -0.2) is 37.9 Å². The van der Waals surface area contributed by atoms with Gasteiger partial charge in [0, 0.05) is 6.61 Å². The highest BCUT2D eigenvalue weighted by molar-refractivity contribution is 5.70. The largest absolute Gasteiger partial charge is 0.481 e. The molecule has 0 aliphatic carbocycles. The highest BCUT2D eigenvalue weighted by Gasteiger charge is 2.24. The van der Waals surface area contributed by atoms with Crippen molar-refractivity contribution in [2.45, 2.75) is 39.8 Å². The minimum absolute atomic E-state index is 0.303. The molecule has 0 radical (unpaired) electrons. The normalized spacial score (nSPS) is 14.5. The third-order valence-electron chi connectivity index (χ3n) is 2.64. The van der Waals surface area contributed by atoms with E-state index in [9.17, 15) is 4.79 Å². The van der Waals surface area contributed by atoms with Crippen LogP contribution in [-0.2, 0) is 16.1 Å². The van der Waals surface area contributed by atoms with Crippen molar-refractivity contribution in [1.82, 2.24) is 20.2 Å². The molecule has 1 aromatic rings. The molecule has 2 unspecified atom stereocenters. The monoisotopic (exact) mass is 242 g/mol. The standard InChI is InChI=1S/C10H18N4O3/c1-4-5-17-6-9-11-12-13-14(9)8(3)7(2)10(15)16/h7-8H,4-6H2,1-3H3,(H,15,16). The molecule has 17 heavy (non-hydrogen) atoms. The van der Waals surface area contributed by atoms with E-state index < -0.39 is 11.9 Å². The lowest BCUT2D eigenvalue weighted by Gasteiger charge is -2.17. The van der Waals surface area contributed by atoms with Crippen LogP contribution in [0.25, 0.3) is 0 Å². The Hall–Kier alpha value is -1.50. The van der Waals surface area contributed by atoms with Crippen LogP contribution < -0.4 is 0 Å². The lowest BCUT2D eigenvalue weighted by molar-refractivity contribution is -0.142. The maximum absolute atomic E-state index is 10.9. The lowest BCUT2D eigenvalue weighted by atomic mass is 10.0. The number of tetrazole rings is 1. The topological polar surface area (TPSA) is 90.1 Å². The smallest absolute Gasteiger partial charge is 0.308 e. The van der Waals surface area contributed by atoms with Gasteiger partial charge in [0.25, 0.3) is 0 Å². The Kier molecular flexibility index (Phi) is 5.02. The Morgan fingerprint density at radius 2 is 2.24 bits per heavy atom. The highest BCUT2D eigenvalue weighted by atomic mass is 16.5. The van der Waals surface area contributed by atoms with Gasteiger partial charge in [0.2, 0.25) is 0 Å². The molecule has 7 heteroatoms. The van der Waals surface area contributed by atoms with E-state index in [1.807, 2.05) is 6.92 Å². The predicted molar refractivity (Wildman–Crippen MR) is 59.3 cm³/mol. The number of aromatic nitrogens is 4. The van der Waals surface area contributed by atoms with E-state index in [0.29, 0.717) is 19.0 Å². The van der Waals surface area contributed by atoms with Crippen LogP contribution in [0.15, 0.2) is 0 Å². The van der Waals surface area contributed by atoms with Gasteiger partial charge in [-0.15, -0.1) is 5.10 Å². The SMILES string of the molecule is CCCOCc1nnnn1C(C)C(C)C(=O)O. The fourth-order valence-corrected chi connectivity index (χ4v) is 1.35. The Bertz CT molecular complexity index is 366. The Balaban J connectivity index is 2.70. The average molecular weight is 242 g/mol. The molecule has 0 saturated carbocycles. The van der Waals surface area contributed by atoms with Crippen LogP contribution in [0.1, 0.15) is 39.1 Å². The number of rotatable bonds is 7. The van der Waals surface area contributed by atoms with Crippen molar-refractivity contribution in [3.63, 3.8) is 0 Å². The molecule has 0 bridgehead atoms. The minimum atomic E-state index is -0.867. The quantitative estimate of drug-likeness (QED) is 0.714. The molecule has 0 aliphatic heterocycles. The van der Waals surface area contributed by atoms with E-state index in [1.165, 1.54) is 4.68 Å². The van der Waals surface area contributed by atoms with E-state index in [-0.39, 0.29) is 6.04 Å². The van der Waals surface area contributed by atoms with Crippen LogP contribution in [0.3, 0.4) is 0 Å². The zero-order valence-corrected chi connectivity index (χ0v) is 10.3. The molecule has 1 rings (SSSR count). The van der Waals surface area contributed by atoms with E-state index in [0.717, 1.165) is 6.42 Å². The molecule has 1 aromatic heterocycles. The number of hydrogen-bond donors (Lipinski definition) is 1. The molecule has 7 nitrogen and oxygen atoms in total. The fourth-order valence-electron chi connectivity index (χ4n) is 1.35. The van der Waals surface area contributed by atoms with Crippen LogP contribution in [0, 0.1) is 5.92 Å². The van der Waals surface area contributed by atoms with E-state index in [2.05, 4.69) is 15.5 Å². The summed E-state index contributed by atoms with van der Waals surface area (Å²) in [5, 5.41) is 20.1. The van der Waals surface area contributed by atoms with E-state index >= 15 is 0 Å². The van der Waals surface area contributed by atoms with E-state index in [1.54, 1.807) is 13.8 Å². The Morgan fingerprint density at radius 3 is 2.82 bits per heavy atom. The van der Waals surface area contributed by atoms with Gasteiger partial charge in [0.05, 0.1) is 12.0 Å². The summed E-state index contributed by atoms with van der Waals surface area (Å²) in [7, 11) is 0. The van der Waals surface area contributed by atoms with Crippen molar-refractivity contribution in [1.29, 1.82) is 0 Å². The minimum Gasteiger partial charge on any atom is -0.481 e. The van der Waals surface area contributed by atoms with Gasteiger partial charge in [-0.25, -0.2) is 4.68 Å². The number of carbonyl (C=O) groups is 1. The average Bonchev–Trinajstić information content (AvgIpc) is 2.75. The first-order valence-electron chi connectivity index (χ1n) is 5.65. The van der Waals surface area contributed by atoms with Gasteiger partial charge in [-0.1, -0.05) is 6.92 Å². The maximum atomic E-state index is 10.9. The number of nitrogens with zero attached hydrogens (tertiary/aromatic N) is 4. The number of ether oxygens (including phenoxy) is 1. The Morgan fingerprint density at radius 1 is 1.53 bits per heavy atom. The summed E-state index contributed by atoms with van der Waals surface area (Å²) in [6.07, 6.45) is 0.919. The van der Waals surface area contributed by atoms with Crippen LogP contribution in [0.4, 0.5) is 0 Å². The maximum Gasteiger partial charge on any atom is 0.308 e. The molecular weight excluding hydrogens is 224 g/mol. The fraction of sp³-hybridized carbons (Fsp3) is 0.800. The zero-order chi connectivity index (χ0) is 12.8. The van der Waals surface area contributed by atoms with Crippen LogP contribution in [0.5, 0.6) is 0 Å². The summed E-state index contributed by atoms with van der Waals surface area (Å²) in [4.78, 5) is 10.9. The summed E-state index contributed by atoms with van der Waals surface area (Å²) in [5.74, 6) is -0.865. The van der Waals surface area contributed by atoms with E-state index in [4.69, 9.17) is 9.84 Å². The first-order valence-corrected chi connectivity index (χ1v) is 5.65. The van der Waals surface area contributed by atoms with Gasteiger partial charge < -0.3 is 9.84 Å². The second kappa shape index (κ2) is 6.29. The van der Waals surface area contributed by atoms with Crippen molar-refractivity contribution < 1.29 is 14.6 Å². The Labute approximate surface area is 99.8 Å². The highest BCUT2D eigenvalue weighted by Crippen LogP contribution is 2.17. The van der Waals surface area contributed by atoms with Gasteiger partial charge in [0.15, 0.2) is 5.82 Å². The molecule has 0 aromatic carbocycles. The first kappa shape index (κ1) is 13.6. The van der Waals surface area contributed by atoms with Gasteiger partial charge >= 0.3 is 5.97 Å². The van der Waals surface area contributed by atoms with Gasteiger partial charge in [-0.05, 0) is 30.7 Å². The molecule has 96 valence electrons. The number of carboxylic acid groups (broad SMARTS) is 1. The second-order valence-electron chi connectivity index (χ2n) is 3.96. The zero-order valence-electron chi connectivity index (χ0n) is 10.3.